The molecule has 0 aliphatic heterocycles. The monoisotopic (exact) mass is 726 g/mol. The van der Waals surface area contributed by atoms with Crippen LogP contribution in [0.1, 0.15) is 144 Å². The number of carbonyl (C=O) groups excluding carboxylic acids is 6. The zero-order chi connectivity index (χ0) is 32.6. The molecule has 7 heteroatoms. The maximum absolute atomic E-state index is 11.5. The van der Waals surface area contributed by atoms with E-state index in [0.717, 1.165) is 0 Å². The van der Waals surface area contributed by atoms with Gasteiger partial charge in [0.15, 0.2) is 0 Å². The quantitative estimate of drug-likeness (QED) is 0.259. The summed E-state index contributed by atoms with van der Waals surface area (Å²) < 4.78 is 0. The van der Waals surface area contributed by atoms with Crippen molar-refractivity contribution in [2.24, 2.45) is 32.5 Å². The van der Waals surface area contributed by atoms with E-state index < -0.39 is 32.5 Å². The fourth-order valence-corrected chi connectivity index (χ4v) is 2.03. The zero-order valence-electron chi connectivity index (χ0n) is 28.8. The second kappa shape index (κ2) is 17.0. The Balaban J connectivity index is -0.000000240. The molecule has 0 heterocycles. The van der Waals surface area contributed by atoms with E-state index >= 15 is 0 Å². The summed E-state index contributed by atoms with van der Waals surface area (Å²) in [6.45, 7) is 33.1. The number of ketones is 6. The molecule has 6 nitrogen and oxygen atoms in total. The fourth-order valence-electron chi connectivity index (χ4n) is 2.03. The van der Waals surface area contributed by atoms with Crippen LogP contribution in [0.4, 0.5) is 0 Å². The van der Waals surface area contributed by atoms with Gasteiger partial charge in [-0.25, -0.2) is 0 Å². The second-order valence-electron chi connectivity index (χ2n) is 16.6. The molecule has 0 aromatic carbocycles. The first-order chi connectivity index (χ1) is 16.6. The van der Waals surface area contributed by atoms with E-state index in [-0.39, 0.29) is 101 Å². The number of hydrogen-bond acceptors (Lipinski definition) is 6. The maximum atomic E-state index is 11.5. The third-order valence-electron chi connectivity index (χ3n) is 5.98. The van der Waals surface area contributed by atoms with Crippen LogP contribution in [0, 0.1) is 79.4 Å². The van der Waals surface area contributed by atoms with Gasteiger partial charge >= 0.3 is 0 Å². The van der Waals surface area contributed by atoms with Gasteiger partial charge in [-0.2, -0.15) is 0 Å². The largest absolute Gasteiger partial charge is 0.299 e. The molecule has 0 bridgehead atoms. The van der Waals surface area contributed by atoms with E-state index in [1.165, 1.54) is 0 Å². The van der Waals surface area contributed by atoms with Gasteiger partial charge in [0.05, 0.1) is 19.3 Å². The summed E-state index contributed by atoms with van der Waals surface area (Å²) in [6.07, 6.45) is 0.187. The van der Waals surface area contributed by atoms with Crippen molar-refractivity contribution in [1.29, 1.82) is 0 Å². The zero-order valence-corrected chi connectivity index (χ0v) is 30.6. The Morgan fingerprint density at radius 3 is 0.400 bits per heavy atom. The molecule has 0 aromatic rings. The maximum Gasteiger partial charge on any atom is 0.145 e. The van der Waals surface area contributed by atoms with Crippen LogP contribution in [0.15, 0.2) is 0 Å². The fraction of sp³-hybridized carbons (Fsp3) is 0.818. The van der Waals surface area contributed by atoms with Crippen molar-refractivity contribution in [3.8, 4) is 0 Å². The van der Waals surface area contributed by atoms with E-state index in [9.17, 15) is 28.8 Å². The first kappa shape index (κ1) is 46.5. The summed E-state index contributed by atoms with van der Waals surface area (Å²) in [6, 6.07) is 0. The summed E-state index contributed by atoms with van der Waals surface area (Å²) in [5.41, 5.74) is -2.41. The summed E-state index contributed by atoms with van der Waals surface area (Å²) in [7, 11) is 0. The molecule has 0 radical (unpaired) electrons. The second-order valence-corrected chi connectivity index (χ2v) is 16.6. The van der Waals surface area contributed by atoms with E-state index in [1.807, 2.05) is 125 Å². The Labute approximate surface area is 284 Å². The molecule has 0 aliphatic carbocycles. The van der Waals surface area contributed by atoms with E-state index in [1.54, 1.807) is 0 Å². The molecular weight excluding hydrogens is 665 g/mol. The Morgan fingerprint density at radius 1 is 0.275 bits per heavy atom. The van der Waals surface area contributed by atoms with E-state index in [4.69, 9.17) is 0 Å². The molecule has 0 saturated carbocycles. The molecule has 0 rings (SSSR count). The van der Waals surface area contributed by atoms with Crippen molar-refractivity contribution >= 4 is 34.7 Å². The van der Waals surface area contributed by atoms with Crippen LogP contribution in [0.2, 0.25) is 0 Å². The number of carbonyl (C=O) groups is 6. The van der Waals surface area contributed by atoms with Crippen molar-refractivity contribution in [1.82, 2.24) is 0 Å². The summed E-state index contributed by atoms with van der Waals surface area (Å²) in [5.74, 6) is 0.125. The van der Waals surface area contributed by atoms with Crippen LogP contribution in [-0.4, -0.2) is 34.7 Å². The van der Waals surface area contributed by atoms with Gasteiger partial charge in [0.1, 0.15) is 34.7 Å². The van der Waals surface area contributed by atoms with Crippen molar-refractivity contribution in [3.05, 3.63) is 0 Å². The predicted molar refractivity (Wildman–Crippen MR) is 161 cm³/mol. The Hall–Kier alpha value is -0.461. The average Bonchev–Trinajstić information content (AvgIpc) is 2.64. The van der Waals surface area contributed by atoms with Gasteiger partial charge in [0.25, 0.3) is 0 Å². The predicted octanol–water partition coefficient (Wildman–Crippen LogP) is 7.82. The topological polar surface area (TPSA) is 102 Å². The van der Waals surface area contributed by atoms with Crippen LogP contribution >= 0.6 is 0 Å². The molecule has 0 saturated heterocycles. The Kier molecular flexibility index (Phi) is 19.7. The van der Waals surface area contributed by atoms with Gasteiger partial charge in [-0.15, -0.1) is 0 Å². The van der Waals surface area contributed by atoms with Crippen molar-refractivity contribution < 1.29 is 75.7 Å². The Morgan fingerprint density at radius 2 is 0.350 bits per heavy atom. The molecule has 0 unspecified atom stereocenters. The van der Waals surface area contributed by atoms with Crippen molar-refractivity contribution in [3.63, 3.8) is 0 Å². The number of Topliss-reactive ketones (excluding diaryl/α,β-unsaturated/α-hetero) is 6. The van der Waals surface area contributed by atoms with Gasteiger partial charge in [0.2, 0.25) is 0 Å². The van der Waals surface area contributed by atoms with Crippen LogP contribution < -0.4 is 0 Å². The van der Waals surface area contributed by atoms with Crippen LogP contribution in [0.25, 0.3) is 0 Å². The van der Waals surface area contributed by atoms with Gasteiger partial charge in [-0.3, -0.25) is 28.8 Å². The summed E-state index contributed by atoms with van der Waals surface area (Å²) >= 11 is 0. The van der Waals surface area contributed by atoms with Crippen LogP contribution in [0.3, 0.4) is 0 Å². The molecule has 0 N–H and O–H groups in total. The molecule has 0 aromatic heterocycles. The molecule has 0 atom stereocenters. The van der Waals surface area contributed by atoms with Gasteiger partial charge in [0, 0.05) is 79.4 Å². The van der Waals surface area contributed by atoms with Crippen LogP contribution in [0.5, 0.6) is 0 Å². The smallest absolute Gasteiger partial charge is 0.145 e. The number of rotatable bonds is 6. The molecule has 0 amide bonds. The van der Waals surface area contributed by atoms with Crippen molar-refractivity contribution in [2.75, 3.05) is 0 Å². The standard InChI is InChI=1S/3C11H20O2.Yb/c3*1-10(2,3)8(12)7-9(13)11(4,5)6;/h3*7H2,1-6H3;. The van der Waals surface area contributed by atoms with E-state index in [2.05, 4.69) is 0 Å². The van der Waals surface area contributed by atoms with Gasteiger partial charge < -0.3 is 0 Å². The van der Waals surface area contributed by atoms with Crippen LogP contribution in [-0.2, 0) is 28.8 Å². The first-order valence-electron chi connectivity index (χ1n) is 13.8. The van der Waals surface area contributed by atoms with Gasteiger partial charge in [-0.05, 0) is 0 Å². The summed E-state index contributed by atoms with van der Waals surface area (Å²) in [5, 5.41) is 0. The normalized spacial score (nSPS) is 12.4. The molecule has 0 aliphatic rings. The minimum absolute atomic E-state index is 0. The SMILES string of the molecule is CC(C)(C)C(=O)CC(=O)C(C)(C)C.CC(C)(C)C(=O)CC(=O)C(C)(C)C.CC(C)(C)C(=O)CC(=O)C(C)(C)C.[Yb]. The third kappa shape index (κ3) is 22.2. The van der Waals surface area contributed by atoms with E-state index in [0.29, 0.717) is 0 Å². The average molecular weight is 726 g/mol. The van der Waals surface area contributed by atoms with Crippen molar-refractivity contribution in [2.45, 2.75) is 144 Å². The molecule has 0 spiro atoms. The minimum Gasteiger partial charge on any atom is -0.299 e. The molecule has 40 heavy (non-hydrogen) atoms. The molecule has 0 fully saturated rings. The minimum atomic E-state index is -0.402. The van der Waals surface area contributed by atoms with Gasteiger partial charge in [-0.1, -0.05) is 125 Å². The molecule has 242 valence electrons. The Bertz CT molecular complexity index is 693. The summed E-state index contributed by atoms with van der Waals surface area (Å²) in [4.78, 5) is 69.0. The first-order valence-corrected chi connectivity index (χ1v) is 13.8. The molecular formula is C33H60O6Yb. The number of hydrogen-bond donors (Lipinski definition) is 0. The third-order valence-corrected chi connectivity index (χ3v) is 5.98.